The molecule has 1 saturated heterocycles. The highest BCUT2D eigenvalue weighted by Crippen LogP contribution is 2.26. The molecule has 5 heteroatoms. The highest BCUT2D eigenvalue weighted by atomic mass is 16.6. The number of unbranched alkanes of at least 4 members (excludes halogenated alkanes) is 1. The van der Waals surface area contributed by atoms with Crippen LogP contribution in [-0.2, 0) is 18.8 Å². The summed E-state index contributed by atoms with van der Waals surface area (Å²) in [4.78, 5) is 10.9. The lowest BCUT2D eigenvalue weighted by Crippen LogP contribution is -2.45. The Kier molecular flexibility index (Phi) is 5.89. The molecule has 18 heavy (non-hydrogen) atoms. The van der Waals surface area contributed by atoms with E-state index in [9.17, 15) is 4.79 Å². The Morgan fingerprint density at radius 2 is 2.28 bits per heavy atom. The van der Waals surface area contributed by atoms with Crippen LogP contribution in [0.1, 0.15) is 46.5 Å². The van der Waals surface area contributed by atoms with E-state index in [1.807, 2.05) is 12.1 Å². The van der Waals surface area contributed by atoms with Gasteiger partial charge in [0.1, 0.15) is 0 Å². The lowest BCUT2D eigenvalue weighted by atomic mass is 9.82. The van der Waals surface area contributed by atoms with Crippen molar-refractivity contribution >= 4 is 13.1 Å². The molecular formula is C13H23BO4. The van der Waals surface area contributed by atoms with Crippen molar-refractivity contribution in [2.45, 2.75) is 58.2 Å². The largest absolute Gasteiger partial charge is 0.486 e. The molecule has 4 nitrogen and oxygen atoms in total. The van der Waals surface area contributed by atoms with Gasteiger partial charge in [0, 0.05) is 12.5 Å². The zero-order valence-electron chi connectivity index (χ0n) is 11.8. The fourth-order valence-electron chi connectivity index (χ4n) is 2.12. The Bertz CT molecular complexity index is 301. The second-order valence-corrected chi connectivity index (χ2v) is 5.29. The number of carbonyl (C=O) groups is 1. The van der Waals surface area contributed by atoms with Crippen molar-refractivity contribution in [3.63, 3.8) is 0 Å². The van der Waals surface area contributed by atoms with Gasteiger partial charge in [0.05, 0.1) is 12.7 Å². The van der Waals surface area contributed by atoms with E-state index in [-0.39, 0.29) is 24.8 Å². The van der Waals surface area contributed by atoms with Crippen molar-refractivity contribution in [1.82, 2.24) is 0 Å². The molecule has 0 aromatic carbocycles. The summed E-state index contributed by atoms with van der Waals surface area (Å²) >= 11 is 0. The highest BCUT2D eigenvalue weighted by molar-refractivity contribution is 6.51. The molecular weight excluding hydrogens is 231 g/mol. The topological polar surface area (TPSA) is 44.8 Å². The normalized spacial score (nSPS) is 23.3. The third kappa shape index (κ3) is 5.69. The number of hydrogen-bond donors (Lipinski definition) is 0. The molecule has 1 fully saturated rings. The maximum absolute atomic E-state index is 10.9. The number of esters is 1. The molecule has 0 N–H and O–H groups in total. The standard InChI is InChI=1S/C13H23BO4/c1-11-10-13(2,3)18-14(17-11)9-7-5-6-8-12(15)16-4/h7,9,11H,5-6,8,10H2,1-4H3. The van der Waals surface area contributed by atoms with Crippen LogP contribution in [0, 0.1) is 0 Å². The van der Waals surface area contributed by atoms with Crippen LogP contribution in [0.2, 0.25) is 0 Å². The van der Waals surface area contributed by atoms with Crippen LogP contribution in [0.3, 0.4) is 0 Å². The lowest BCUT2D eigenvalue weighted by Gasteiger charge is -2.37. The Hall–Kier alpha value is -0.805. The van der Waals surface area contributed by atoms with Crippen LogP contribution in [0.5, 0.6) is 0 Å². The van der Waals surface area contributed by atoms with E-state index >= 15 is 0 Å². The quantitative estimate of drug-likeness (QED) is 0.429. The smallest absolute Gasteiger partial charge is 0.469 e. The van der Waals surface area contributed by atoms with Gasteiger partial charge in [0.15, 0.2) is 0 Å². The molecule has 0 radical (unpaired) electrons. The van der Waals surface area contributed by atoms with E-state index < -0.39 is 0 Å². The number of rotatable bonds is 5. The first-order valence-electron chi connectivity index (χ1n) is 6.50. The van der Waals surface area contributed by atoms with E-state index in [2.05, 4.69) is 25.5 Å². The third-order valence-electron chi connectivity index (χ3n) is 2.85. The average molecular weight is 254 g/mol. The summed E-state index contributed by atoms with van der Waals surface area (Å²) in [6.45, 7) is 6.20. The van der Waals surface area contributed by atoms with Crippen molar-refractivity contribution in [3.05, 3.63) is 12.1 Å². The predicted octanol–water partition coefficient (Wildman–Crippen LogP) is 2.52. The SMILES string of the molecule is COC(=O)CCCC=CB1OC(C)CC(C)(C)O1. The Balaban J connectivity index is 2.27. The molecule has 0 aliphatic carbocycles. The van der Waals surface area contributed by atoms with Crippen LogP contribution in [0.15, 0.2) is 12.1 Å². The van der Waals surface area contributed by atoms with Gasteiger partial charge in [-0.2, -0.15) is 0 Å². The molecule has 0 aromatic rings. The second kappa shape index (κ2) is 6.95. The van der Waals surface area contributed by atoms with Gasteiger partial charge in [-0.05, 0) is 40.0 Å². The first-order valence-corrected chi connectivity index (χ1v) is 6.50. The molecule has 0 aromatic heterocycles. The van der Waals surface area contributed by atoms with Crippen LogP contribution in [0.25, 0.3) is 0 Å². The van der Waals surface area contributed by atoms with Gasteiger partial charge >= 0.3 is 13.1 Å². The fourth-order valence-corrected chi connectivity index (χ4v) is 2.12. The minimum atomic E-state index is -0.276. The molecule has 1 unspecified atom stereocenters. The first-order chi connectivity index (χ1) is 8.43. The van der Waals surface area contributed by atoms with Gasteiger partial charge in [0.2, 0.25) is 0 Å². The zero-order valence-corrected chi connectivity index (χ0v) is 11.8. The van der Waals surface area contributed by atoms with Crippen LogP contribution < -0.4 is 0 Å². The molecule has 1 aliphatic heterocycles. The van der Waals surface area contributed by atoms with Gasteiger partial charge in [-0.15, -0.1) is 0 Å². The van der Waals surface area contributed by atoms with Crippen LogP contribution in [0.4, 0.5) is 0 Å². The molecule has 102 valence electrons. The van der Waals surface area contributed by atoms with Gasteiger partial charge in [-0.3, -0.25) is 4.79 Å². The maximum atomic E-state index is 10.9. The summed E-state index contributed by atoms with van der Waals surface area (Å²) in [6, 6.07) is 0. The van der Waals surface area contributed by atoms with Crippen molar-refractivity contribution in [2.75, 3.05) is 7.11 Å². The Morgan fingerprint density at radius 1 is 1.56 bits per heavy atom. The zero-order chi connectivity index (χ0) is 13.6. The summed E-state index contributed by atoms with van der Waals surface area (Å²) in [5, 5.41) is 0. The highest BCUT2D eigenvalue weighted by Gasteiger charge is 2.35. The predicted molar refractivity (Wildman–Crippen MR) is 71.1 cm³/mol. The molecule has 0 saturated carbocycles. The summed E-state index contributed by atoms with van der Waals surface area (Å²) in [5.74, 6) is 1.76. The maximum Gasteiger partial charge on any atom is 0.486 e. The molecule has 1 rings (SSSR count). The molecule has 1 atom stereocenters. The van der Waals surface area contributed by atoms with Gasteiger partial charge < -0.3 is 14.0 Å². The molecule has 0 amide bonds. The van der Waals surface area contributed by atoms with E-state index in [0.717, 1.165) is 19.3 Å². The third-order valence-corrected chi connectivity index (χ3v) is 2.85. The number of hydrogen-bond acceptors (Lipinski definition) is 4. The number of methoxy groups -OCH3 is 1. The lowest BCUT2D eigenvalue weighted by molar-refractivity contribution is -0.140. The molecule has 1 heterocycles. The molecule has 1 aliphatic rings. The monoisotopic (exact) mass is 254 g/mol. The van der Waals surface area contributed by atoms with Gasteiger partial charge in [-0.25, -0.2) is 0 Å². The molecule has 0 spiro atoms. The van der Waals surface area contributed by atoms with Gasteiger partial charge in [-0.1, -0.05) is 12.1 Å². The summed E-state index contributed by atoms with van der Waals surface area (Å²) in [7, 11) is 1.13. The van der Waals surface area contributed by atoms with Crippen molar-refractivity contribution in [3.8, 4) is 0 Å². The van der Waals surface area contributed by atoms with Crippen molar-refractivity contribution < 1.29 is 18.8 Å². The number of allylic oxidation sites excluding steroid dienone is 1. The Morgan fingerprint density at radius 3 is 2.89 bits per heavy atom. The Labute approximate surface area is 110 Å². The number of carbonyl (C=O) groups excluding carboxylic acids is 1. The van der Waals surface area contributed by atoms with Crippen molar-refractivity contribution in [2.24, 2.45) is 0 Å². The minimum absolute atomic E-state index is 0.140. The summed E-state index contributed by atoms with van der Waals surface area (Å²) in [5.41, 5.74) is -0.140. The fraction of sp³-hybridized carbons (Fsp3) is 0.769. The van der Waals surface area contributed by atoms with E-state index in [0.29, 0.717) is 6.42 Å². The van der Waals surface area contributed by atoms with Gasteiger partial charge in [0.25, 0.3) is 0 Å². The summed E-state index contributed by atoms with van der Waals surface area (Å²) < 4.78 is 16.0. The second-order valence-electron chi connectivity index (χ2n) is 5.29. The average Bonchev–Trinajstić information content (AvgIpc) is 2.25. The van der Waals surface area contributed by atoms with Crippen LogP contribution in [-0.4, -0.2) is 31.9 Å². The first kappa shape index (κ1) is 15.3. The van der Waals surface area contributed by atoms with E-state index in [1.165, 1.54) is 7.11 Å². The molecule has 0 bridgehead atoms. The van der Waals surface area contributed by atoms with Crippen LogP contribution >= 0.6 is 0 Å². The van der Waals surface area contributed by atoms with E-state index in [1.54, 1.807) is 0 Å². The summed E-state index contributed by atoms with van der Waals surface area (Å²) in [6.07, 6.45) is 5.18. The number of ether oxygens (including phenoxy) is 1. The minimum Gasteiger partial charge on any atom is -0.469 e. The van der Waals surface area contributed by atoms with E-state index in [4.69, 9.17) is 9.31 Å². The van der Waals surface area contributed by atoms with Crippen molar-refractivity contribution in [1.29, 1.82) is 0 Å².